The van der Waals surface area contributed by atoms with Crippen LogP contribution in [0.5, 0.6) is 0 Å². The van der Waals surface area contributed by atoms with Gasteiger partial charge in [-0.25, -0.2) is 4.98 Å². The lowest BCUT2D eigenvalue weighted by atomic mass is 9.99. The van der Waals surface area contributed by atoms with Crippen molar-refractivity contribution < 1.29 is 0 Å². The Kier molecular flexibility index (Phi) is 4.41. The van der Waals surface area contributed by atoms with Crippen LogP contribution >= 0.6 is 11.3 Å². The molecule has 0 aliphatic carbocycles. The maximum atomic E-state index is 12.6. The SMILES string of the molecule is CC1CCN(c2nc3c(c(=O)[nH]2)CN(Cc2cccs2)CC3)CC1. The summed E-state index contributed by atoms with van der Waals surface area (Å²) in [6.07, 6.45) is 3.21. The summed E-state index contributed by atoms with van der Waals surface area (Å²) in [6.45, 7) is 6.87. The van der Waals surface area contributed by atoms with Gasteiger partial charge in [0.1, 0.15) is 0 Å². The zero-order valence-electron chi connectivity index (χ0n) is 14.1. The first-order chi connectivity index (χ1) is 11.7. The molecule has 0 saturated carbocycles. The van der Waals surface area contributed by atoms with Crippen molar-refractivity contribution in [2.75, 3.05) is 24.5 Å². The van der Waals surface area contributed by atoms with E-state index in [-0.39, 0.29) is 5.56 Å². The van der Waals surface area contributed by atoms with E-state index in [1.54, 1.807) is 11.3 Å². The van der Waals surface area contributed by atoms with Crippen molar-refractivity contribution in [3.63, 3.8) is 0 Å². The summed E-state index contributed by atoms with van der Waals surface area (Å²) in [5.41, 5.74) is 1.89. The van der Waals surface area contributed by atoms with Crippen molar-refractivity contribution in [2.24, 2.45) is 5.92 Å². The highest BCUT2D eigenvalue weighted by molar-refractivity contribution is 7.09. The Hall–Kier alpha value is -1.66. The number of hydrogen-bond acceptors (Lipinski definition) is 5. The number of thiophene rings is 1. The minimum atomic E-state index is 0.0458. The van der Waals surface area contributed by atoms with Gasteiger partial charge in [0.15, 0.2) is 0 Å². The first-order valence-corrected chi connectivity index (χ1v) is 9.69. The molecule has 1 saturated heterocycles. The Morgan fingerprint density at radius 1 is 1.33 bits per heavy atom. The van der Waals surface area contributed by atoms with Crippen LogP contribution in [0.3, 0.4) is 0 Å². The third-order valence-corrected chi connectivity index (χ3v) is 6.04. The van der Waals surface area contributed by atoms with Gasteiger partial charge in [-0.1, -0.05) is 13.0 Å². The van der Waals surface area contributed by atoms with Crippen molar-refractivity contribution in [1.29, 1.82) is 0 Å². The first kappa shape index (κ1) is 15.8. The summed E-state index contributed by atoms with van der Waals surface area (Å²) in [4.78, 5) is 26.4. The predicted molar refractivity (Wildman–Crippen MR) is 97.6 cm³/mol. The molecular weight excluding hydrogens is 320 g/mol. The third kappa shape index (κ3) is 3.26. The van der Waals surface area contributed by atoms with Crippen molar-refractivity contribution in [2.45, 2.75) is 39.3 Å². The number of nitrogens with one attached hydrogen (secondary N) is 1. The Labute approximate surface area is 146 Å². The van der Waals surface area contributed by atoms with Crippen LogP contribution in [0.4, 0.5) is 5.95 Å². The fourth-order valence-electron chi connectivity index (χ4n) is 3.60. The van der Waals surface area contributed by atoms with Crippen molar-refractivity contribution in [1.82, 2.24) is 14.9 Å². The number of H-pyrrole nitrogens is 1. The van der Waals surface area contributed by atoms with E-state index >= 15 is 0 Å². The molecule has 0 atom stereocenters. The van der Waals surface area contributed by atoms with E-state index in [1.807, 2.05) is 0 Å². The van der Waals surface area contributed by atoms with Gasteiger partial charge in [-0.15, -0.1) is 11.3 Å². The van der Waals surface area contributed by atoms with Crippen molar-refractivity contribution >= 4 is 17.3 Å². The zero-order valence-corrected chi connectivity index (χ0v) is 14.9. The van der Waals surface area contributed by atoms with Crippen molar-refractivity contribution in [3.8, 4) is 0 Å². The van der Waals surface area contributed by atoms with Gasteiger partial charge in [-0.05, 0) is 30.2 Å². The monoisotopic (exact) mass is 344 g/mol. The van der Waals surface area contributed by atoms with E-state index in [9.17, 15) is 4.79 Å². The number of rotatable bonds is 3. The second-order valence-electron chi connectivity index (χ2n) is 7.02. The quantitative estimate of drug-likeness (QED) is 0.930. The second-order valence-corrected chi connectivity index (χ2v) is 8.06. The number of aromatic nitrogens is 2. The lowest BCUT2D eigenvalue weighted by molar-refractivity contribution is 0.244. The topological polar surface area (TPSA) is 52.2 Å². The summed E-state index contributed by atoms with van der Waals surface area (Å²) >= 11 is 1.77. The van der Waals surface area contributed by atoms with Crippen LogP contribution in [0.25, 0.3) is 0 Å². The predicted octanol–water partition coefficient (Wildman–Crippen LogP) is 2.63. The molecule has 24 heavy (non-hydrogen) atoms. The third-order valence-electron chi connectivity index (χ3n) is 5.18. The molecule has 2 aliphatic heterocycles. The fraction of sp³-hybridized carbons (Fsp3) is 0.556. The molecule has 1 N–H and O–H groups in total. The summed E-state index contributed by atoms with van der Waals surface area (Å²) < 4.78 is 0. The van der Waals surface area contributed by atoms with E-state index < -0.39 is 0 Å². The average molecular weight is 344 g/mol. The van der Waals surface area contributed by atoms with Crippen LogP contribution in [0.2, 0.25) is 0 Å². The van der Waals surface area contributed by atoms with Gasteiger partial charge in [0.25, 0.3) is 5.56 Å². The summed E-state index contributed by atoms with van der Waals surface area (Å²) in [6, 6.07) is 4.24. The molecule has 0 amide bonds. The summed E-state index contributed by atoms with van der Waals surface area (Å²) in [7, 11) is 0. The molecule has 0 bridgehead atoms. The van der Waals surface area contributed by atoms with Crippen molar-refractivity contribution in [3.05, 3.63) is 44.0 Å². The molecule has 0 radical (unpaired) electrons. The molecule has 6 heteroatoms. The molecule has 0 unspecified atom stereocenters. The molecule has 2 aliphatic rings. The average Bonchev–Trinajstić information content (AvgIpc) is 3.09. The standard InChI is InChI=1S/C18H24N4OS/c1-13-4-8-22(9-5-13)18-19-16-6-7-21(11-14-3-2-10-24-14)12-15(16)17(23)20-18/h2-3,10,13H,4-9,11-12H2,1H3,(H,19,20,23). The number of hydrogen-bond donors (Lipinski definition) is 1. The van der Waals surface area contributed by atoms with Gasteiger partial charge in [-0.3, -0.25) is 14.7 Å². The number of piperidine rings is 1. The molecule has 0 aromatic carbocycles. The Morgan fingerprint density at radius 3 is 2.92 bits per heavy atom. The van der Waals surface area contributed by atoms with Gasteiger partial charge < -0.3 is 4.90 Å². The van der Waals surface area contributed by atoms with Gasteiger partial charge in [0.2, 0.25) is 5.95 Å². The first-order valence-electron chi connectivity index (χ1n) is 8.81. The van der Waals surface area contributed by atoms with Gasteiger partial charge in [0.05, 0.1) is 11.3 Å². The molecular formula is C18H24N4OS. The Bertz CT molecular complexity index is 747. The van der Waals surface area contributed by atoms with Crippen LogP contribution in [0.15, 0.2) is 22.3 Å². The molecule has 1 fully saturated rings. The molecule has 0 spiro atoms. The number of nitrogens with zero attached hydrogens (tertiary/aromatic N) is 3. The van der Waals surface area contributed by atoms with E-state index in [1.165, 1.54) is 17.7 Å². The zero-order chi connectivity index (χ0) is 16.5. The molecule has 2 aromatic heterocycles. The largest absolute Gasteiger partial charge is 0.342 e. The number of fused-ring (bicyclic) bond motifs is 1. The summed E-state index contributed by atoms with van der Waals surface area (Å²) in [5.74, 6) is 1.55. The smallest absolute Gasteiger partial charge is 0.257 e. The highest BCUT2D eigenvalue weighted by Crippen LogP contribution is 2.22. The minimum Gasteiger partial charge on any atom is -0.342 e. The van der Waals surface area contributed by atoms with Crippen LogP contribution in [0, 0.1) is 5.92 Å². The lowest BCUT2D eigenvalue weighted by Crippen LogP contribution is -2.39. The minimum absolute atomic E-state index is 0.0458. The lowest BCUT2D eigenvalue weighted by Gasteiger charge is -2.32. The van der Waals surface area contributed by atoms with Crippen LogP contribution in [-0.2, 0) is 19.5 Å². The van der Waals surface area contributed by atoms with Gasteiger partial charge in [0, 0.05) is 44.0 Å². The van der Waals surface area contributed by atoms with Gasteiger partial charge in [-0.2, -0.15) is 0 Å². The maximum Gasteiger partial charge on any atom is 0.257 e. The van der Waals surface area contributed by atoms with Crippen LogP contribution in [-0.4, -0.2) is 34.5 Å². The highest BCUT2D eigenvalue weighted by Gasteiger charge is 2.24. The van der Waals surface area contributed by atoms with E-state index in [4.69, 9.17) is 4.98 Å². The second kappa shape index (κ2) is 6.69. The molecule has 4 rings (SSSR count). The van der Waals surface area contributed by atoms with E-state index in [2.05, 4.69) is 39.2 Å². The van der Waals surface area contributed by atoms with E-state index in [0.717, 1.165) is 55.7 Å². The fourth-order valence-corrected chi connectivity index (χ4v) is 4.34. The normalized spacial score (nSPS) is 19.5. The summed E-state index contributed by atoms with van der Waals surface area (Å²) in [5, 5.41) is 2.10. The highest BCUT2D eigenvalue weighted by atomic mass is 32.1. The van der Waals surface area contributed by atoms with E-state index in [0.29, 0.717) is 6.54 Å². The molecule has 4 heterocycles. The maximum absolute atomic E-state index is 12.6. The Balaban J connectivity index is 1.51. The number of aromatic amines is 1. The molecule has 2 aromatic rings. The molecule has 128 valence electrons. The number of anilines is 1. The van der Waals surface area contributed by atoms with Gasteiger partial charge >= 0.3 is 0 Å². The Morgan fingerprint density at radius 2 is 2.17 bits per heavy atom. The molecule has 5 nitrogen and oxygen atoms in total. The van der Waals surface area contributed by atoms with Crippen LogP contribution < -0.4 is 10.5 Å². The van der Waals surface area contributed by atoms with Crippen LogP contribution in [0.1, 0.15) is 35.9 Å².